The predicted molar refractivity (Wildman–Crippen MR) is 66.6 cm³/mol. The van der Waals surface area contributed by atoms with E-state index < -0.39 is 0 Å². The summed E-state index contributed by atoms with van der Waals surface area (Å²) in [4.78, 5) is 11.5. The minimum absolute atomic E-state index is 0.0268. The molecule has 2 aromatic rings. The molecule has 0 aliphatic carbocycles. The molecular formula is C12H13FN4O2. The lowest BCUT2D eigenvalue weighted by atomic mass is 10.2. The number of ether oxygens (including phenoxy) is 2. The molecule has 2 rings (SSSR count). The highest BCUT2D eigenvalue weighted by Gasteiger charge is 2.08. The van der Waals surface area contributed by atoms with E-state index in [0.29, 0.717) is 12.2 Å². The van der Waals surface area contributed by atoms with Crippen molar-refractivity contribution >= 4 is 5.95 Å². The lowest BCUT2D eigenvalue weighted by Crippen LogP contribution is -2.04. The molecule has 0 unspecified atom stereocenters. The molecule has 1 aromatic heterocycles. The fourth-order valence-corrected chi connectivity index (χ4v) is 1.33. The van der Waals surface area contributed by atoms with Gasteiger partial charge >= 0.3 is 12.0 Å². The summed E-state index contributed by atoms with van der Waals surface area (Å²) < 4.78 is 23.8. The van der Waals surface area contributed by atoms with Crippen LogP contribution in [0, 0.1) is 12.7 Å². The molecule has 0 spiro atoms. The average Bonchev–Trinajstić information content (AvgIpc) is 2.33. The first-order chi connectivity index (χ1) is 9.08. The van der Waals surface area contributed by atoms with Crippen molar-refractivity contribution in [2.24, 2.45) is 0 Å². The van der Waals surface area contributed by atoms with Crippen molar-refractivity contribution in [1.82, 2.24) is 15.0 Å². The van der Waals surface area contributed by atoms with Gasteiger partial charge in [-0.15, -0.1) is 4.98 Å². The number of nitrogens with two attached hydrogens (primary N) is 1. The van der Waals surface area contributed by atoms with Gasteiger partial charge < -0.3 is 15.2 Å². The molecule has 0 aliphatic heterocycles. The van der Waals surface area contributed by atoms with Gasteiger partial charge in [-0.3, -0.25) is 0 Å². The fraction of sp³-hybridized carbons (Fsp3) is 0.250. The van der Waals surface area contributed by atoms with E-state index in [1.807, 2.05) is 0 Å². The Morgan fingerprint density at radius 3 is 2.63 bits per heavy atom. The smallest absolute Gasteiger partial charge is 0.330 e. The average molecular weight is 264 g/mol. The number of benzene rings is 1. The van der Waals surface area contributed by atoms with Gasteiger partial charge in [0.25, 0.3) is 0 Å². The third-order valence-corrected chi connectivity index (χ3v) is 2.24. The third-order valence-electron chi connectivity index (χ3n) is 2.24. The first kappa shape index (κ1) is 13.0. The molecule has 1 heterocycles. The van der Waals surface area contributed by atoms with Gasteiger partial charge in [-0.1, -0.05) is 6.07 Å². The van der Waals surface area contributed by atoms with E-state index in [0.717, 1.165) is 0 Å². The summed E-state index contributed by atoms with van der Waals surface area (Å²) >= 11 is 0. The van der Waals surface area contributed by atoms with Crippen LogP contribution in [0.15, 0.2) is 18.2 Å². The first-order valence-corrected chi connectivity index (χ1v) is 5.67. The molecule has 0 saturated carbocycles. The Balaban J connectivity index is 2.24. The molecule has 1 aromatic carbocycles. The van der Waals surface area contributed by atoms with Gasteiger partial charge in [-0.25, -0.2) is 4.39 Å². The summed E-state index contributed by atoms with van der Waals surface area (Å²) in [6.45, 7) is 3.84. The standard InChI is InChI=1S/C12H13FN4O2/c1-3-18-11-15-10(14)16-12(17-11)19-8-5-4-7(2)9(13)6-8/h4-6H,3H2,1-2H3,(H2,14,15,16,17). The van der Waals surface area contributed by atoms with Crippen molar-refractivity contribution in [2.45, 2.75) is 13.8 Å². The van der Waals surface area contributed by atoms with Crippen molar-refractivity contribution in [2.75, 3.05) is 12.3 Å². The van der Waals surface area contributed by atoms with Gasteiger partial charge in [0.1, 0.15) is 11.6 Å². The van der Waals surface area contributed by atoms with E-state index in [1.54, 1.807) is 26.0 Å². The van der Waals surface area contributed by atoms with Crippen LogP contribution in [0.4, 0.5) is 10.3 Å². The molecule has 0 amide bonds. The van der Waals surface area contributed by atoms with E-state index in [1.165, 1.54) is 6.07 Å². The molecule has 0 radical (unpaired) electrons. The van der Waals surface area contributed by atoms with Crippen molar-refractivity contribution in [3.8, 4) is 17.8 Å². The maximum atomic E-state index is 13.4. The Bertz CT molecular complexity index is 592. The second-order valence-electron chi connectivity index (χ2n) is 3.70. The van der Waals surface area contributed by atoms with Crippen LogP contribution in [0.1, 0.15) is 12.5 Å². The van der Waals surface area contributed by atoms with Gasteiger partial charge in [0, 0.05) is 6.07 Å². The minimum atomic E-state index is -0.371. The quantitative estimate of drug-likeness (QED) is 0.910. The fourth-order valence-electron chi connectivity index (χ4n) is 1.33. The zero-order chi connectivity index (χ0) is 13.8. The third kappa shape index (κ3) is 3.27. The number of hydrogen-bond acceptors (Lipinski definition) is 6. The summed E-state index contributed by atoms with van der Waals surface area (Å²) in [6.07, 6.45) is 0. The molecule has 6 nitrogen and oxygen atoms in total. The van der Waals surface area contributed by atoms with Crippen LogP contribution < -0.4 is 15.2 Å². The second kappa shape index (κ2) is 5.47. The normalized spacial score (nSPS) is 10.3. The van der Waals surface area contributed by atoms with Crippen LogP contribution in [0.3, 0.4) is 0 Å². The van der Waals surface area contributed by atoms with E-state index in [4.69, 9.17) is 15.2 Å². The Labute approximate surface area is 109 Å². The lowest BCUT2D eigenvalue weighted by Gasteiger charge is -2.07. The molecule has 7 heteroatoms. The van der Waals surface area contributed by atoms with Gasteiger partial charge in [0.15, 0.2) is 0 Å². The van der Waals surface area contributed by atoms with E-state index in [9.17, 15) is 4.39 Å². The molecule has 100 valence electrons. The number of hydrogen-bond donors (Lipinski definition) is 1. The van der Waals surface area contributed by atoms with Gasteiger partial charge in [0.05, 0.1) is 6.61 Å². The van der Waals surface area contributed by atoms with E-state index >= 15 is 0 Å². The highest BCUT2D eigenvalue weighted by atomic mass is 19.1. The minimum Gasteiger partial charge on any atom is -0.464 e. The number of rotatable bonds is 4. The lowest BCUT2D eigenvalue weighted by molar-refractivity contribution is 0.304. The Morgan fingerprint density at radius 2 is 1.95 bits per heavy atom. The molecule has 0 fully saturated rings. The molecule has 2 N–H and O–H groups in total. The number of halogens is 1. The summed E-state index contributed by atoms with van der Waals surface area (Å²) in [5.74, 6) is -0.123. The number of aryl methyl sites for hydroxylation is 1. The van der Waals surface area contributed by atoms with Crippen LogP contribution in [-0.4, -0.2) is 21.6 Å². The number of aromatic nitrogens is 3. The Kier molecular flexibility index (Phi) is 3.74. The van der Waals surface area contributed by atoms with Crippen LogP contribution in [-0.2, 0) is 0 Å². The maximum Gasteiger partial charge on any atom is 0.330 e. The number of nitrogens with zero attached hydrogens (tertiary/aromatic N) is 3. The van der Waals surface area contributed by atoms with E-state index in [-0.39, 0.29) is 29.5 Å². The Morgan fingerprint density at radius 1 is 1.21 bits per heavy atom. The highest BCUT2D eigenvalue weighted by molar-refractivity contribution is 5.31. The maximum absolute atomic E-state index is 13.4. The molecule has 0 aliphatic rings. The number of nitrogen functional groups attached to an aromatic ring is 1. The van der Waals surface area contributed by atoms with Crippen molar-refractivity contribution in [1.29, 1.82) is 0 Å². The molecular weight excluding hydrogens is 251 g/mol. The first-order valence-electron chi connectivity index (χ1n) is 5.67. The van der Waals surface area contributed by atoms with Crippen LogP contribution in [0.2, 0.25) is 0 Å². The largest absolute Gasteiger partial charge is 0.464 e. The summed E-state index contributed by atoms with van der Waals surface area (Å²) in [5.41, 5.74) is 6.03. The summed E-state index contributed by atoms with van der Waals surface area (Å²) in [7, 11) is 0. The summed E-state index contributed by atoms with van der Waals surface area (Å²) in [5, 5.41) is 0. The zero-order valence-electron chi connectivity index (χ0n) is 10.6. The van der Waals surface area contributed by atoms with Crippen LogP contribution in [0.25, 0.3) is 0 Å². The van der Waals surface area contributed by atoms with E-state index in [2.05, 4.69) is 15.0 Å². The van der Waals surface area contributed by atoms with Crippen molar-refractivity contribution in [3.05, 3.63) is 29.6 Å². The predicted octanol–water partition coefficient (Wildman–Crippen LogP) is 2.09. The highest BCUT2D eigenvalue weighted by Crippen LogP contribution is 2.22. The van der Waals surface area contributed by atoms with Gasteiger partial charge in [-0.2, -0.15) is 9.97 Å². The molecule has 19 heavy (non-hydrogen) atoms. The second-order valence-corrected chi connectivity index (χ2v) is 3.70. The van der Waals surface area contributed by atoms with Crippen molar-refractivity contribution in [3.63, 3.8) is 0 Å². The van der Waals surface area contributed by atoms with Gasteiger partial charge in [0.2, 0.25) is 5.95 Å². The van der Waals surface area contributed by atoms with Crippen LogP contribution in [0.5, 0.6) is 17.8 Å². The SMILES string of the molecule is CCOc1nc(N)nc(Oc2ccc(C)c(F)c2)n1. The van der Waals surface area contributed by atoms with Crippen LogP contribution >= 0.6 is 0 Å². The molecule has 0 bridgehead atoms. The summed E-state index contributed by atoms with van der Waals surface area (Å²) in [6, 6.07) is 4.48. The van der Waals surface area contributed by atoms with Gasteiger partial charge in [-0.05, 0) is 25.5 Å². The number of anilines is 1. The topological polar surface area (TPSA) is 83.2 Å². The van der Waals surface area contributed by atoms with Crippen molar-refractivity contribution < 1.29 is 13.9 Å². The zero-order valence-corrected chi connectivity index (χ0v) is 10.6. The molecule has 0 saturated heterocycles. The molecule has 0 atom stereocenters. The Hall–Kier alpha value is -2.44. The monoisotopic (exact) mass is 264 g/mol.